The first-order chi connectivity index (χ1) is 16.5. The van der Waals surface area contributed by atoms with Gasteiger partial charge in [-0.1, -0.05) is 41.1 Å². The maximum atomic E-state index is 12.7. The summed E-state index contributed by atoms with van der Waals surface area (Å²) in [5.41, 5.74) is 5.02. The molecule has 2 aliphatic heterocycles. The monoisotopic (exact) mass is 517 g/mol. The molecule has 3 heterocycles. The lowest BCUT2D eigenvalue weighted by Crippen LogP contribution is -2.61. The minimum atomic E-state index is -0.294. The second kappa shape index (κ2) is 8.94. The zero-order valence-electron chi connectivity index (χ0n) is 19.4. The number of carbonyl (C=O) groups is 1. The number of amides is 1. The Balaban J connectivity index is 1.55. The van der Waals surface area contributed by atoms with Crippen molar-refractivity contribution in [1.82, 2.24) is 20.1 Å². The van der Waals surface area contributed by atoms with Crippen LogP contribution in [0.25, 0.3) is 16.6 Å². The van der Waals surface area contributed by atoms with E-state index in [1.807, 2.05) is 29.2 Å². The van der Waals surface area contributed by atoms with E-state index < -0.39 is 0 Å². The molecule has 0 unspecified atom stereocenters. The largest absolute Gasteiger partial charge is 0.352 e. The van der Waals surface area contributed by atoms with Crippen molar-refractivity contribution in [3.8, 4) is 6.19 Å². The van der Waals surface area contributed by atoms with E-state index in [4.69, 9.17) is 0 Å². The summed E-state index contributed by atoms with van der Waals surface area (Å²) in [6, 6.07) is 15.7. The van der Waals surface area contributed by atoms with E-state index in [1.165, 1.54) is 16.6 Å². The van der Waals surface area contributed by atoms with E-state index in [0.29, 0.717) is 25.1 Å². The van der Waals surface area contributed by atoms with Gasteiger partial charge in [0.05, 0.1) is 16.7 Å². The van der Waals surface area contributed by atoms with Gasteiger partial charge in [-0.15, -0.1) is 0 Å². The number of aromatic nitrogens is 1. The predicted molar refractivity (Wildman–Crippen MR) is 138 cm³/mol. The molecule has 2 N–H and O–H groups in total. The van der Waals surface area contributed by atoms with E-state index in [0.717, 1.165) is 28.6 Å². The number of halogens is 1. The molecule has 7 heteroatoms. The van der Waals surface area contributed by atoms with Crippen molar-refractivity contribution in [2.24, 2.45) is 0 Å². The van der Waals surface area contributed by atoms with E-state index in [2.05, 4.69) is 81.5 Å². The molecule has 2 atom stereocenters. The lowest BCUT2D eigenvalue weighted by atomic mass is 9.78. The van der Waals surface area contributed by atoms with Crippen LogP contribution in [-0.2, 0) is 6.42 Å². The molecule has 0 aliphatic carbocycles. The molecule has 0 radical (unpaired) electrons. The second-order valence-electron chi connectivity index (χ2n) is 9.03. The molecule has 1 aromatic heterocycles. The average Bonchev–Trinajstić information content (AvgIpc) is 3.18. The number of hydrogen-bond acceptors (Lipinski definition) is 4. The van der Waals surface area contributed by atoms with Crippen molar-refractivity contribution in [3.63, 3.8) is 0 Å². The van der Waals surface area contributed by atoms with Crippen LogP contribution in [0.15, 0.2) is 59.1 Å². The summed E-state index contributed by atoms with van der Waals surface area (Å²) in [6.07, 6.45) is 6.34. The molecule has 0 spiro atoms. The van der Waals surface area contributed by atoms with Crippen molar-refractivity contribution in [2.75, 3.05) is 19.6 Å². The number of nitriles is 1. The summed E-state index contributed by atoms with van der Waals surface area (Å²) < 4.78 is 3.26. The van der Waals surface area contributed by atoms with Gasteiger partial charge in [-0.05, 0) is 61.7 Å². The molecule has 0 bridgehead atoms. The van der Waals surface area contributed by atoms with Gasteiger partial charge >= 0.3 is 0 Å². The van der Waals surface area contributed by atoms with Gasteiger partial charge in [-0.2, -0.15) is 5.26 Å². The molecule has 2 aromatic carbocycles. The van der Waals surface area contributed by atoms with E-state index in [9.17, 15) is 10.1 Å². The Morgan fingerprint density at radius 3 is 2.76 bits per heavy atom. The number of benzene rings is 2. The van der Waals surface area contributed by atoms with Crippen molar-refractivity contribution in [1.29, 1.82) is 5.26 Å². The summed E-state index contributed by atoms with van der Waals surface area (Å²) in [7, 11) is 0. The molecule has 0 saturated carbocycles. The number of piperazine rings is 1. The van der Waals surface area contributed by atoms with Gasteiger partial charge in [0.25, 0.3) is 5.91 Å². The predicted octanol–water partition coefficient (Wildman–Crippen LogP) is 4.83. The Bertz CT molecular complexity index is 1320. The fraction of sp³-hybridized carbons (Fsp3) is 0.333. The smallest absolute Gasteiger partial charge is 0.251 e. The van der Waals surface area contributed by atoms with Gasteiger partial charge < -0.3 is 15.2 Å². The van der Waals surface area contributed by atoms with E-state index in [-0.39, 0.29) is 17.5 Å². The highest BCUT2D eigenvalue weighted by molar-refractivity contribution is 9.10. The molecular formula is C27H28BrN5O. The Kier molecular flexibility index (Phi) is 5.97. The van der Waals surface area contributed by atoms with Crippen LogP contribution in [-0.4, -0.2) is 40.5 Å². The molecule has 1 saturated heterocycles. The Morgan fingerprint density at radius 2 is 2.03 bits per heavy atom. The SMILES string of the molecule is CC[C@]12C=C(C)n3c(c(CCNC(=O)c4ccc(Br)cc4)c4ccccc43)[C@H]1N(C#N)CCN2. The zero-order valence-corrected chi connectivity index (χ0v) is 21.0. The number of para-hydroxylation sites is 1. The molecule has 5 rings (SSSR count). The summed E-state index contributed by atoms with van der Waals surface area (Å²) in [4.78, 5) is 14.6. The van der Waals surface area contributed by atoms with Crippen LogP contribution in [0, 0.1) is 11.5 Å². The zero-order chi connectivity index (χ0) is 23.9. The minimum Gasteiger partial charge on any atom is -0.352 e. The van der Waals surface area contributed by atoms with Crippen molar-refractivity contribution in [3.05, 3.63) is 75.9 Å². The number of nitrogens with one attached hydrogen (secondary N) is 2. The third-order valence-electron chi connectivity index (χ3n) is 7.19. The quantitative estimate of drug-likeness (QED) is 0.475. The summed E-state index contributed by atoms with van der Waals surface area (Å²) in [6.45, 7) is 6.30. The van der Waals surface area contributed by atoms with Crippen LogP contribution in [0.5, 0.6) is 0 Å². The fourth-order valence-corrected chi connectivity index (χ4v) is 5.93. The number of allylic oxidation sites excluding steroid dienone is 1. The Hall–Kier alpha value is -3.08. The maximum absolute atomic E-state index is 12.7. The summed E-state index contributed by atoms with van der Waals surface area (Å²) in [5.74, 6) is -0.0816. The highest BCUT2D eigenvalue weighted by atomic mass is 79.9. The highest BCUT2D eigenvalue weighted by Gasteiger charge is 2.48. The summed E-state index contributed by atoms with van der Waals surface area (Å²) in [5, 5.41) is 18.1. The van der Waals surface area contributed by atoms with Crippen LogP contribution >= 0.6 is 15.9 Å². The number of rotatable bonds is 5. The normalized spacial score (nSPS) is 21.4. The number of carbonyl (C=O) groups excluding carboxylic acids is 1. The van der Waals surface area contributed by atoms with Crippen molar-refractivity contribution >= 4 is 38.4 Å². The standard InChI is InChI=1S/C27H28BrN5O/c1-3-27-16-18(2)33-23-7-5-4-6-21(23)22(24(33)25(27)32(17-29)15-14-31-27)12-13-30-26(34)19-8-10-20(28)11-9-19/h4-11,16,25,31H,3,12-15H2,1-2H3,(H,30,34)/t25-,27+/m1/s1. The first-order valence-electron chi connectivity index (χ1n) is 11.8. The van der Waals surface area contributed by atoms with Crippen LogP contribution in [0.4, 0.5) is 0 Å². The second-order valence-corrected chi connectivity index (χ2v) is 9.95. The van der Waals surface area contributed by atoms with Gasteiger partial charge in [0.15, 0.2) is 6.19 Å². The average molecular weight is 518 g/mol. The number of fused-ring (bicyclic) bond motifs is 5. The van der Waals surface area contributed by atoms with Gasteiger partial charge in [0.2, 0.25) is 0 Å². The minimum absolute atomic E-state index is 0.0816. The topological polar surface area (TPSA) is 73.1 Å². The molecular weight excluding hydrogens is 490 g/mol. The van der Waals surface area contributed by atoms with Crippen molar-refractivity contribution < 1.29 is 4.79 Å². The first kappa shape index (κ1) is 22.7. The first-order valence-corrected chi connectivity index (χ1v) is 12.6. The van der Waals surface area contributed by atoms with Crippen LogP contribution < -0.4 is 10.6 Å². The molecule has 1 amide bonds. The lowest BCUT2D eigenvalue weighted by Gasteiger charge is -2.50. The third-order valence-corrected chi connectivity index (χ3v) is 7.71. The van der Waals surface area contributed by atoms with Crippen LogP contribution in [0.3, 0.4) is 0 Å². The third kappa shape index (κ3) is 3.62. The molecule has 174 valence electrons. The highest BCUT2D eigenvalue weighted by Crippen LogP contribution is 2.47. The molecule has 3 aromatic rings. The number of hydrogen-bond donors (Lipinski definition) is 2. The number of nitrogens with zero attached hydrogens (tertiary/aromatic N) is 3. The van der Waals surface area contributed by atoms with Crippen molar-refractivity contribution in [2.45, 2.75) is 38.3 Å². The Labute approximate surface area is 208 Å². The summed E-state index contributed by atoms with van der Waals surface area (Å²) >= 11 is 3.41. The molecule has 34 heavy (non-hydrogen) atoms. The van der Waals surface area contributed by atoms with Crippen LogP contribution in [0.1, 0.15) is 47.9 Å². The lowest BCUT2D eigenvalue weighted by molar-refractivity contribution is 0.0953. The van der Waals surface area contributed by atoms with Gasteiger partial charge in [-0.25, -0.2) is 0 Å². The van der Waals surface area contributed by atoms with Gasteiger partial charge in [-0.3, -0.25) is 9.69 Å². The van der Waals surface area contributed by atoms with Gasteiger partial charge in [0.1, 0.15) is 6.04 Å². The van der Waals surface area contributed by atoms with Gasteiger partial charge in [0, 0.05) is 40.8 Å². The molecule has 6 nitrogen and oxygen atoms in total. The fourth-order valence-electron chi connectivity index (χ4n) is 5.66. The molecule has 1 fully saturated rings. The maximum Gasteiger partial charge on any atom is 0.251 e. The molecule has 2 aliphatic rings. The van der Waals surface area contributed by atoms with E-state index in [1.54, 1.807) is 0 Å². The van der Waals surface area contributed by atoms with Crippen LogP contribution in [0.2, 0.25) is 0 Å². The van der Waals surface area contributed by atoms with E-state index >= 15 is 0 Å². The Morgan fingerprint density at radius 1 is 1.26 bits per heavy atom.